The third-order valence-corrected chi connectivity index (χ3v) is 3.58. The van der Waals surface area contributed by atoms with Crippen LogP contribution in [0.25, 0.3) is 0 Å². The fourth-order valence-electron chi connectivity index (χ4n) is 1.67. The monoisotopic (exact) mass is 269 g/mol. The Labute approximate surface area is 117 Å². The molecule has 0 aliphatic carbocycles. The van der Waals surface area contributed by atoms with Crippen LogP contribution in [0.3, 0.4) is 0 Å². The summed E-state index contributed by atoms with van der Waals surface area (Å²) in [6, 6.07) is 12.1. The quantitative estimate of drug-likeness (QED) is 0.792. The summed E-state index contributed by atoms with van der Waals surface area (Å²) in [4.78, 5) is 9.61. The van der Waals surface area contributed by atoms with Gasteiger partial charge in [0.2, 0.25) is 0 Å². The topological polar surface area (TPSA) is 49.6 Å². The average Bonchev–Trinajstić information content (AvgIpc) is 2.38. The zero-order valence-electron chi connectivity index (χ0n) is 11.2. The number of nitrogens with zero attached hydrogens (tertiary/aromatic N) is 3. The second kappa shape index (κ2) is 5.85. The maximum absolute atomic E-state index is 8.90. The van der Waals surface area contributed by atoms with Crippen molar-refractivity contribution in [3.8, 4) is 6.07 Å². The molecule has 0 bridgehead atoms. The molecule has 4 heteroatoms. The first-order valence-corrected chi connectivity index (χ1v) is 6.93. The summed E-state index contributed by atoms with van der Waals surface area (Å²) in [5.41, 5.74) is 2.54. The third-order valence-electron chi connectivity index (χ3n) is 2.70. The van der Waals surface area contributed by atoms with Gasteiger partial charge in [0, 0.05) is 10.6 Å². The molecule has 0 aliphatic heterocycles. The van der Waals surface area contributed by atoms with Crippen LogP contribution in [0.2, 0.25) is 0 Å². The fraction of sp³-hybridized carbons (Fsp3) is 0.267. The lowest BCUT2D eigenvalue weighted by atomic mass is 10.0. The van der Waals surface area contributed by atoms with Crippen LogP contribution in [0.15, 0.2) is 40.4 Å². The minimum Gasteiger partial charge on any atom is -0.228 e. The zero-order chi connectivity index (χ0) is 13.8. The molecule has 0 N–H and O–H groups in total. The molecule has 96 valence electrons. The number of nitriles is 1. The van der Waals surface area contributed by atoms with Gasteiger partial charge in [-0.25, -0.2) is 9.97 Å². The van der Waals surface area contributed by atoms with E-state index in [1.165, 1.54) is 17.3 Å². The predicted molar refractivity (Wildman–Crippen MR) is 76.1 cm³/mol. The lowest BCUT2D eigenvalue weighted by Gasteiger charge is -2.06. The van der Waals surface area contributed by atoms with Gasteiger partial charge in [0.25, 0.3) is 0 Å². The van der Waals surface area contributed by atoms with Gasteiger partial charge in [-0.05, 0) is 48.4 Å². The Morgan fingerprint density at radius 3 is 2.42 bits per heavy atom. The first-order chi connectivity index (χ1) is 9.08. The van der Waals surface area contributed by atoms with Gasteiger partial charge in [-0.3, -0.25) is 0 Å². The lowest BCUT2D eigenvalue weighted by molar-refractivity contribution is 0.864. The van der Waals surface area contributed by atoms with Crippen LogP contribution < -0.4 is 0 Å². The first kappa shape index (κ1) is 13.6. The number of hydrogen-bond donors (Lipinski definition) is 0. The Bertz CT molecular complexity index is 612. The maximum Gasteiger partial charge on any atom is 0.193 e. The molecule has 0 saturated heterocycles. The highest BCUT2D eigenvalue weighted by atomic mass is 32.2. The molecule has 3 nitrogen and oxygen atoms in total. The molecule has 0 saturated carbocycles. The van der Waals surface area contributed by atoms with Gasteiger partial charge in [0.05, 0.1) is 0 Å². The van der Waals surface area contributed by atoms with Crippen molar-refractivity contribution in [2.24, 2.45) is 0 Å². The van der Waals surface area contributed by atoms with E-state index < -0.39 is 0 Å². The molecule has 0 fully saturated rings. The van der Waals surface area contributed by atoms with Gasteiger partial charge in [-0.15, -0.1) is 0 Å². The van der Waals surface area contributed by atoms with E-state index in [0.29, 0.717) is 16.8 Å². The van der Waals surface area contributed by atoms with Crippen LogP contribution in [-0.4, -0.2) is 9.97 Å². The first-order valence-electron chi connectivity index (χ1n) is 6.12. The van der Waals surface area contributed by atoms with E-state index in [2.05, 4.69) is 54.2 Å². The minimum absolute atomic E-state index is 0.411. The molecule has 0 atom stereocenters. The van der Waals surface area contributed by atoms with Crippen LogP contribution in [-0.2, 0) is 0 Å². The third kappa shape index (κ3) is 3.55. The number of benzene rings is 1. The summed E-state index contributed by atoms with van der Waals surface area (Å²) >= 11 is 1.48. The summed E-state index contributed by atoms with van der Waals surface area (Å²) in [6.07, 6.45) is 0. The highest BCUT2D eigenvalue weighted by Crippen LogP contribution is 2.26. The molecule has 0 amide bonds. The molecule has 1 aromatic carbocycles. The van der Waals surface area contributed by atoms with E-state index in [4.69, 9.17) is 5.26 Å². The van der Waals surface area contributed by atoms with Crippen molar-refractivity contribution in [1.29, 1.82) is 5.26 Å². The number of rotatable bonds is 3. The van der Waals surface area contributed by atoms with Crippen LogP contribution in [0.4, 0.5) is 0 Å². The highest BCUT2D eigenvalue weighted by molar-refractivity contribution is 7.99. The van der Waals surface area contributed by atoms with E-state index >= 15 is 0 Å². The Morgan fingerprint density at radius 2 is 1.84 bits per heavy atom. The van der Waals surface area contributed by atoms with Gasteiger partial charge in [-0.1, -0.05) is 26.0 Å². The fourth-order valence-corrected chi connectivity index (χ4v) is 2.49. The van der Waals surface area contributed by atoms with Gasteiger partial charge in [0.1, 0.15) is 11.8 Å². The van der Waals surface area contributed by atoms with Crippen molar-refractivity contribution in [2.75, 3.05) is 0 Å². The van der Waals surface area contributed by atoms with E-state index in [1.54, 1.807) is 6.07 Å². The molecule has 0 spiro atoms. The van der Waals surface area contributed by atoms with Gasteiger partial charge in [0.15, 0.2) is 5.16 Å². The van der Waals surface area contributed by atoms with Crippen molar-refractivity contribution in [2.45, 2.75) is 36.7 Å². The summed E-state index contributed by atoms with van der Waals surface area (Å²) in [6.45, 7) is 6.21. The van der Waals surface area contributed by atoms with Gasteiger partial charge in [-0.2, -0.15) is 5.26 Å². The molecule has 0 aliphatic rings. The van der Waals surface area contributed by atoms with E-state index in [1.807, 2.05) is 6.92 Å². The molecule has 0 unspecified atom stereocenters. The largest absolute Gasteiger partial charge is 0.228 e. The molecule has 1 heterocycles. The van der Waals surface area contributed by atoms with E-state index in [9.17, 15) is 0 Å². The lowest BCUT2D eigenvalue weighted by Crippen LogP contribution is -1.93. The van der Waals surface area contributed by atoms with Gasteiger partial charge >= 0.3 is 0 Å². The number of hydrogen-bond acceptors (Lipinski definition) is 4. The van der Waals surface area contributed by atoms with E-state index in [0.717, 1.165) is 10.6 Å². The highest BCUT2D eigenvalue weighted by Gasteiger charge is 2.05. The maximum atomic E-state index is 8.90. The summed E-state index contributed by atoms with van der Waals surface area (Å²) in [5, 5.41) is 9.52. The molecule has 2 aromatic rings. The average molecular weight is 269 g/mol. The number of aromatic nitrogens is 2. The van der Waals surface area contributed by atoms with Crippen molar-refractivity contribution >= 4 is 11.8 Å². The van der Waals surface area contributed by atoms with Crippen LogP contribution in [0.5, 0.6) is 0 Å². The van der Waals surface area contributed by atoms with Crippen LogP contribution in [0.1, 0.15) is 36.7 Å². The van der Waals surface area contributed by atoms with Crippen LogP contribution in [0, 0.1) is 18.3 Å². The molecular formula is C15H15N3S. The second-order valence-corrected chi connectivity index (χ2v) is 5.66. The van der Waals surface area contributed by atoms with Gasteiger partial charge < -0.3 is 0 Å². The Hall–Kier alpha value is -1.86. The van der Waals surface area contributed by atoms with Crippen LogP contribution >= 0.6 is 11.8 Å². The SMILES string of the molecule is Cc1cc(C#N)nc(Sc2ccc(C(C)C)cc2)n1. The minimum atomic E-state index is 0.411. The normalized spacial score (nSPS) is 10.5. The Balaban J connectivity index is 2.21. The molecule has 0 radical (unpaired) electrons. The summed E-state index contributed by atoms with van der Waals surface area (Å²) in [7, 11) is 0. The molecular weight excluding hydrogens is 254 g/mol. The predicted octanol–water partition coefficient (Wildman–Crippen LogP) is 3.93. The van der Waals surface area contributed by atoms with E-state index in [-0.39, 0.29) is 0 Å². The molecule has 1 aromatic heterocycles. The summed E-state index contributed by atoms with van der Waals surface area (Å²) < 4.78 is 0. The Kier molecular flexibility index (Phi) is 4.18. The molecule has 2 rings (SSSR count). The van der Waals surface area contributed by atoms with Crippen molar-refractivity contribution in [3.05, 3.63) is 47.3 Å². The van der Waals surface area contributed by atoms with Crippen molar-refractivity contribution in [1.82, 2.24) is 9.97 Å². The van der Waals surface area contributed by atoms with Crippen molar-refractivity contribution in [3.63, 3.8) is 0 Å². The standard InChI is InChI=1S/C15H15N3S/c1-10(2)12-4-6-14(7-5-12)19-15-17-11(3)8-13(9-16)18-15/h4-8,10H,1-3H3. The van der Waals surface area contributed by atoms with Crippen molar-refractivity contribution < 1.29 is 0 Å². The zero-order valence-corrected chi connectivity index (χ0v) is 12.0. The Morgan fingerprint density at radius 1 is 1.16 bits per heavy atom. The molecule has 19 heavy (non-hydrogen) atoms. The summed E-state index contributed by atoms with van der Waals surface area (Å²) in [5.74, 6) is 0.527. The smallest absolute Gasteiger partial charge is 0.193 e. The number of aryl methyl sites for hydroxylation is 1. The second-order valence-electron chi connectivity index (χ2n) is 4.61.